The first kappa shape index (κ1) is 78.8. The lowest BCUT2D eigenvalue weighted by Crippen LogP contribution is -1.97. The Hall–Kier alpha value is -15.4. The number of hydrogen-bond acceptors (Lipinski definition) is 17. The van der Waals surface area contributed by atoms with E-state index in [-0.39, 0.29) is 97.7 Å². The summed E-state index contributed by atoms with van der Waals surface area (Å²) in [5.41, 5.74) is 11.9. The second-order valence-electron chi connectivity index (χ2n) is 28.3. The summed E-state index contributed by atoms with van der Waals surface area (Å²) in [7, 11) is 0. The van der Waals surface area contributed by atoms with E-state index >= 15 is 0 Å². The van der Waals surface area contributed by atoms with E-state index in [1.54, 1.807) is 188 Å². The second-order valence-corrected chi connectivity index (χ2v) is 28.3. The molecule has 17 N–H and O–H groups in total. The summed E-state index contributed by atoms with van der Waals surface area (Å²) < 4.78 is 0. The van der Waals surface area contributed by atoms with Crippen molar-refractivity contribution in [1.29, 1.82) is 0 Å². The number of rotatable bonds is 14. The van der Waals surface area contributed by atoms with Crippen LogP contribution in [-0.2, 0) is 44.9 Å². The first-order chi connectivity index (χ1) is 55.9. The van der Waals surface area contributed by atoms with Gasteiger partial charge in [0.25, 0.3) is 0 Å². The molecule has 0 heterocycles. The zero-order valence-electron chi connectivity index (χ0n) is 62.5. The Morgan fingerprint density at radius 3 is 0.879 bits per heavy atom. The highest BCUT2D eigenvalue weighted by Gasteiger charge is 2.19. The Bertz CT molecular complexity index is 6240. The second kappa shape index (κ2) is 35.3. The highest BCUT2D eigenvalue weighted by Crippen LogP contribution is 2.42. The van der Waals surface area contributed by atoms with Crippen molar-refractivity contribution < 1.29 is 86.8 Å². The highest BCUT2D eigenvalue weighted by molar-refractivity contribution is 5.96. The van der Waals surface area contributed by atoms with Gasteiger partial charge in [0, 0.05) is 83.0 Å². The molecule has 17 nitrogen and oxygen atoms in total. The number of hydrogen-bond donors (Lipinski definition) is 17. The Labute approximate surface area is 667 Å². The van der Waals surface area contributed by atoms with Gasteiger partial charge in [-0.1, -0.05) is 158 Å². The molecule has 0 aliphatic carbocycles. The molecule has 0 bridgehead atoms. The molecular weight excluding hydrogens is 1460 g/mol. The molecule has 0 amide bonds. The number of aromatic hydroxyl groups is 17. The van der Waals surface area contributed by atoms with Gasteiger partial charge in [-0.2, -0.15) is 0 Å². The molecule has 0 aliphatic rings. The third-order valence-corrected chi connectivity index (χ3v) is 20.1. The Balaban J connectivity index is 0.000000127. The third-order valence-electron chi connectivity index (χ3n) is 20.1. The predicted octanol–water partition coefficient (Wildman–Crippen LogP) is 20.3. The summed E-state index contributed by atoms with van der Waals surface area (Å²) in [6, 6.07) is 88.7. The molecule has 0 aliphatic heterocycles. The van der Waals surface area contributed by atoms with Crippen LogP contribution in [0.3, 0.4) is 0 Å². The van der Waals surface area contributed by atoms with Crippen molar-refractivity contribution in [3.8, 4) is 97.7 Å². The van der Waals surface area contributed by atoms with Crippen molar-refractivity contribution in [3.63, 3.8) is 0 Å². The summed E-state index contributed by atoms with van der Waals surface area (Å²) in [5, 5.41) is 176. The molecule has 0 unspecified atom stereocenters. The fourth-order valence-electron chi connectivity index (χ4n) is 14.0. The van der Waals surface area contributed by atoms with Crippen LogP contribution < -0.4 is 0 Å². The van der Waals surface area contributed by atoms with Crippen molar-refractivity contribution in [2.45, 2.75) is 44.9 Å². The van der Waals surface area contributed by atoms with E-state index in [0.717, 1.165) is 93.7 Å². The van der Waals surface area contributed by atoms with E-state index in [1.807, 2.05) is 121 Å². The van der Waals surface area contributed by atoms with Gasteiger partial charge < -0.3 is 86.8 Å². The lowest BCUT2D eigenvalue weighted by molar-refractivity contribution is 0.461. The standard InChI is InChI=1S/2C24H20O4.3C17H14O3/c25-20-7-1-15(2-8-20)11-18-6-5-17-13-19(23(27)14-22(17)24(18)28)12-16-3-9-21(26)10-4-16;25-19-8-4-15(5-9-19)12-18-14-17-2-1-3-22(27)23(17)21(24(18)28)13-16-6-10-20(26)11-7-16;18-14-6-1-11(2-7-14)9-13-4-3-12-5-8-15(19)10-16(12)17(13)20;18-13-7-4-11(5-8-13)10-14-15(19)9-6-12-2-1-3-16(20)17(12)14;18-14-6-4-11(5-7-14)8-13-9-12-2-1-3-16(19)15(12)10-17(13)20/h1-10,13-14,25-28H,11-12H2;1-11,14,25-28H,12-13H2;1-8,10,18-20H,9H2;1-9,18-20H,10H2;1-7,9-10,18-20H,8H2. The minimum absolute atomic E-state index is 0.123. The zero-order chi connectivity index (χ0) is 81.7. The van der Waals surface area contributed by atoms with E-state index < -0.39 is 0 Å². The molecular formula is C99H82O17. The smallest absolute Gasteiger partial charge is 0.127 e. The number of fused-ring (bicyclic) bond motifs is 5. The number of phenols is 17. The molecule has 0 spiro atoms. The minimum Gasteiger partial charge on any atom is -0.508 e. The normalized spacial score (nSPS) is 10.9. The molecule has 0 saturated heterocycles. The van der Waals surface area contributed by atoms with E-state index in [1.165, 1.54) is 0 Å². The van der Waals surface area contributed by atoms with Crippen molar-refractivity contribution in [2.24, 2.45) is 0 Å². The lowest BCUT2D eigenvalue weighted by atomic mass is 9.91. The van der Waals surface area contributed by atoms with E-state index in [9.17, 15) is 86.8 Å². The van der Waals surface area contributed by atoms with Crippen LogP contribution in [0.5, 0.6) is 97.7 Å². The topological polar surface area (TPSA) is 344 Å². The van der Waals surface area contributed by atoms with Gasteiger partial charge in [-0.25, -0.2) is 0 Å². The van der Waals surface area contributed by atoms with Crippen LogP contribution in [0.15, 0.2) is 309 Å². The van der Waals surface area contributed by atoms with Crippen LogP contribution in [0, 0.1) is 0 Å². The highest BCUT2D eigenvalue weighted by atomic mass is 16.3. The van der Waals surface area contributed by atoms with Gasteiger partial charge in [0.2, 0.25) is 0 Å². The van der Waals surface area contributed by atoms with E-state index in [2.05, 4.69) is 0 Å². The van der Waals surface area contributed by atoms with Crippen LogP contribution >= 0.6 is 0 Å². The number of benzene rings is 17. The SMILES string of the molecule is Oc1ccc(Cc2c(O)ccc3cccc(O)c23)cc1.Oc1ccc(Cc2cc3ccc(Cc4ccc(O)cc4)c(O)c3cc2O)cc1.Oc1ccc(Cc2cc3cccc(O)c3c(Cc3ccc(O)cc3)c2O)cc1.Oc1ccc(Cc2cc3cccc(O)c3cc2O)cc1.Oc1ccc(Cc2ccc3ccc(O)cc3c2O)cc1. The predicted molar refractivity (Wildman–Crippen MR) is 453 cm³/mol. The van der Waals surface area contributed by atoms with Crippen LogP contribution in [0.1, 0.15) is 77.9 Å². The van der Waals surface area contributed by atoms with Gasteiger partial charge in [-0.15, -0.1) is 0 Å². The van der Waals surface area contributed by atoms with E-state index in [0.29, 0.717) is 83.0 Å². The maximum absolute atomic E-state index is 11.0. The van der Waals surface area contributed by atoms with Crippen LogP contribution in [0.2, 0.25) is 0 Å². The van der Waals surface area contributed by atoms with Crippen molar-refractivity contribution in [1.82, 2.24) is 0 Å². The Morgan fingerprint density at radius 2 is 0.448 bits per heavy atom. The molecule has 0 aromatic heterocycles. The van der Waals surface area contributed by atoms with Crippen LogP contribution in [0.25, 0.3) is 53.9 Å². The molecule has 0 radical (unpaired) electrons. The van der Waals surface area contributed by atoms with Gasteiger partial charge in [0.15, 0.2) is 0 Å². The summed E-state index contributed by atoms with van der Waals surface area (Å²) in [6.45, 7) is 0. The average molecular weight is 1540 g/mol. The first-order valence-electron chi connectivity index (χ1n) is 37.1. The summed E-state index contributed by atoms with van der Waals surface area (Å²) in [5.74, 6) is 2.95. The molecule has 17 heteroatoms. The van der Waals surface area contributed by atoms with Gasteiger partial charge in [0.1, 0.15) is 97.7 Å². The number of phenolic OH excluding ortho intramolecular Hbond substituents is 17. The summed E-state index contributed by atoms with van der Waals surface area (Å²) in [6.07, 6.45) is 3.59. The van der Waals surface area contributed by atoms with Crippen molar-refractivity contribution >= 4 is 53.9 Å². The lowest BCUT2D eigenvalue weighted by Gasteiger charge is -2.15. The van der Waals surface area contributed by atoms with Gasteiger partial charge in [-0.05, 0) is 245 Å². The van der Waals surface area contributed by atoms with Crippen LogP contribution in [0.4, 0.5) is 0 Å². The molecule has 0 atom stereocenters. The van der Waals surface area contributed by atoms with Gasteiger partial charge >= 0.3 is 0 Å². The fourth-order valence-corrected chi connectivity index (χ4v) is 14.0. The maximum atomic E-state index is 11.0. The molecule has 17 aromatic rings. The zero-order valence-corrected chi connectivity index (χ0v) is 62.5. The monoisotopic (exact) mass is 1540 g/mol. The molecule has 116 heavy (non-hydrogen) atoms. The fraction of sp³-hybridized carbons (Fsp3) is 0.0707. The maximum Gasteiger partial charge on any atom is 0.127 e. The first-order valence-corrected chi connectivity index (χ1v) is 37.1. The average Bonchev–Trinajstić information content (AvgIpc) is 0.792. The van der Waals surface area contributed by atoms with E-state index in [4.69, 9.17) is 0 Å². The molecule has 17 rings (SSSR count). The Morgan fingerprint density at radius 1 is 0.155 bits per heavy atom. The minimum atomic E-state index is 0.123. The summed E-state index contributed by atoms with van der Waals surface area (Å²) in [4.78, 5) is 0. The van der Waals surface area contributed by atoms with Crippen molar-refractivity contribution in [2.75, 3.05) is 0 Å². The van der Waals surface area contributed by atoms with Gasteiger partial charge in [0.05, 0.1) is 0 Å². The quantitative estimate of drug-likeness (QED) is 0.0481. The molecule has 580 valence electrons. The Kier molecular flexibility index (Phi) is 24.0. The largest absolute Gasteiger partial charge is 0.508 e. The third kappa shape index (κ3) is 19.3. The summed E-state index contributed by atoms with van der Waals surface area (Å²) >= 11 is 0. The van der Waals surface area contributed by atoms with Crippen LogP contribution in [-0.4, -0.2) is 86.8 Å². The molecule has 17 aromatic carbocycles. The van der Waals surface area contributed by atoms with Crippen molar-refractivity contribution in [3.05, 3.63) is 387 Å². The van der Waals surface area contributed by atoms with Gasteiger partial charge in [-0.3, -0.25) is 0 Å². The molecule has 0 fully saturated rings. The molecule has 0 saturated carbocycles.